The fourth-order valence-corrected chi connectivity index (χ4v) is 4.03. The third-order valence-electron chi connectivity index (χ3n) is 4.47. The highest BCUT2D eigenvalue weighted by atomic mass is 32.5. The first-order valence-electron chi connectivity index (χ1n) is 7.41. The predicted molar refractivity (Wildman–Crippen MR) is 87.3 cm³/mol. The van der Waals surface area contributed by atoms with Crippen LogP contribution in [0.5, 0.6) is 0 Å². The van der Waals surface area contributed by atoms with Crippen LogP contribution in [-0.4, -0.2) is 46.0 Å². The minimum atomic E-state index is -3.43. The zero-order valence-corrected chi connectivity index (χ0v) is 15.1. The Hall–Kier alpha value is -0.870. The number of ether oxygens (including phenoxy) is 2. The van der Waals surface area contributed by atoms with Crippen LogP contribution in [0.15, 0.2) is 15.8 Å². The zero-order valence-electron chi connectivity index (χ0n) is 13.4. The van der Waals surface area contributed by atoms with E-state index >= 15 is 0 Å². The van der Waals surface area contributed by atoms with Crippen LogP contribution < -0.4 is 11.2 Å². The van der Waals surface area contributed by atoms with E-state index in [-0.39, 0.29) is 6.61 Å². The molecule has 2 aliphatic rings. The first-order chi connectivity index (χ1) is 11.2. The lowest BCUT2D eigenvalue weighted by molar-refractivity contribution is -0.175. The van der Waals surface area contributed by atoms with Crippen LogP contribution >= 0.6 is 6.72 Å². The average molecular weight is 378 g/mol. The first kappa shape index (κ1) is 17.9. The molecule has 11 heteroatoms. The van der Waals surface area contributed by atoms with E-state index in [0.29, 0.717) is 12.0 Å². The number of fused-ring (bicyclic) bond motifs is 2. The molecule has 5 atom stereocenters. The molecule has 0 aromatic carbocycles. The summed E-state index contributed by atoms with van der Waals surface area (Å²) in [6.07, 6.45) is -0.179. The van der Waals surface area contributed by atoms with Gasteiger partial charge < -0.3 is 18.9 Å². The standard InChI is InChI=1S/C13H19N2O7PS/c1-4-13-6-20-8(9(13)22-23(18,24)19-3)11(21-13)15-5-7(2)10(16)14-12(15)17/h5,8-9,11H,4,6H2,1-3H3,(H,18,24)(H,14,16,17)/t8?,9-,11-,13+,23?/m1/s1. The van der Waals surface area contributed by atoms with E-state index in [0.717, 1.165) is 0 Å². The second-order valence-corrected chi connectivity index (χ2v) is 8.76. The van der Waals surface area contributed by atoms with Gasteiger partial charge in [0, 0.05) is 18.9 Å². The van der Waals surface area contributed by atoms with Gasteiger partial charge in [0.05, 0.1) is 6.61 Å². The summed E-state index contributed by atoms with van der Waals surface area (Å²) in [5.41, 5.74) is -1.53. The van der Waals surface area contributed by atoms with Gasteiger partial charge in [-0.25, -0.2) is 4.79 Å². The van der Waals surface area contributed by atoms with Crippen molar-refractivity contribution in [3.8, 4) is 0 Å². The van der Waals surface area contributed by atoms with Crippen molar-refractivity contribution in [3.63, 3.8) is 0 Å². The second kappa shape index (κ2) is 6.14. The molecule has 0 aliphatic carbocycles. The highest BCUT2D eigenvalue weighted by Gasteiger charge is 2.63. The Kier molecular flexibility index (Phi) is 4.59. The van der Waals surface area contributed by atoms with Crippen LogP contribution in [0.1, 0.15) is 25.1 Å². The van der Waals surface area contributed by atoms with Crippen molar-refractivity contribution in [3.05, 3.63) is 32.6 Å². The number of nitrogens with one attached hydrogen (secondary N) is 1. The number of aromatic nitrogens is 2. The lowest BCUT2D eigenvalue weighted by atomic mass is 9.96. The number of H-pyrrole nitrogens is 1. The van der Waals surface area contributed by atoms with Crippen LogP contribution in [-0.2, 0) is 30.3 Å². The Balaban J connectivity index is 2.00. The summed E-state index contributed by atoms with van der Waals surface area (Å²) >= 11 is 4.93. The Morgan fingerprint density at radius 3 is 2.92 bits per heavy atom. The topological polar surface area (TPSA) is 112 Å². The third-order valence-corrected chi connectivity index (χ3v) is 6.13. The Bertz CT molecular complexity index is 808. The van der Waals surface area contributed by atoms with Crippen molar-refractivity contribution >= 4 is 18.5 Å². The molecule has 0 amide bonds. The number of hydrogen-bond acceptors (Lipinski definition) is 7. The van der Waals surface area contributed by atoms with Gasteiger partial charge in [-0.3, -0.25) is 18.9 Å². The maximum absolute atomic E-state index is 12.1. The molecule has 1 aromatic heterocycles. The molecule has 2 saturated heterocycles. The van der Waals surface area contributed by atoms with Crippen LogP contribution in [0, 0.1) is 6.92 Å². The zero-order chi connectivity index (χ0) is 17.7. The second-order valence-electron chi connectivity index (χ2n) is 5.86. The molecule has 24 heavy (non-hydrogen) atoms. The quantitative estimate of drug-likeness (QED) is 0.698. The molecular formula is C13H19N2O7PS. The third kappa shape index (κ3) is 2.82. The van der Waals surface area contributed by atoms with Gasteiger partial charge in [-0.05, 0) is 25.2 Å². The molecule has 1 aromatic rings. The van der Waals surface area contributed by atoms with Gasteiger partial charge in [-0.2, -0.15) is 0 Å². The minimum absolute atomic E-state index is 0.255. The van der Waals surface area contributed by atoms with Crippen LogP contribution in [0.4, 0.5) is 0 Å². The fourth-order valence-electron chi connectivity index (χ4n) is 3.07. The Labute approximate surface area is 142 Å². The van der Waals surface area contributed by atoms with E-state index in [4.69, 9.17) is 30.3 Å². The molecule has 134 valence electrons. The van der Waals surface area contributed by atoms with E-state index in [2.05, 4.69) is 4.98 Å². The lowest BCUT2D eigenvalue weighted by Gasteiger charge is -2.31. The van der Waals surface area contributed by atoms with Crippen molar-refractivity contribution in [2.24, 2.45) is 0 Å². The summed E-state index contributed by atoms with van der Waals surface area (Å²) in [5, 5.41) is 0. The fraction of sp³-hybridized carbons (Fsp3) is 0.692. The van der Waals surface area contributed by atoms with Crippen molar-refractivity contribution in [2.45, 2.75) is 44.3 Å². The molecule has 2 aliphatic heterocycles. The molecular weight excluding hydrogens is 359 g/mol. The van der Waals surface area contributed by atoms with Gasteiger partial charge in [0.1, 0.15) is 17.8 Å². The number of hydrogen-bond donors (Lipinski definition) is 2. The van der Waals surface area contributed by atoms with Crippen LogP contribution in [0.2, 0.25) is 0 Å². The highest BCUT2D eigenvalue weighted by molar-refractivity contribution is 8.07. The number of nitrogens with zero attached hydrogens (tertiary/aromatic N) is 1. The molecule has 2 unspecified atom stereocenters. The van der Waals surface area contributed by atoms with E-state index in [9.17, 15) is 14.5 Å². The molecule has 0 saturated carbocycles. The van der Waals surface area contributed by atoms with Gasteiger partial charge >= 0.3 is 12.4 Å². The summed E-state index contributed by atoms with van der Waals surface area (Å²) < 4.78 is 23.5. The first-order valence-corrected chi connectivity index (χ1v) is 10.0. The molecule has 9 nitrogen and oxygen atoms in total. The molecule has 0 spiro atoms. The predicted octanol–water partition coefficient (Wildman–Crippen LogP) is 0.170. The molecule has 2 fully saturated rings. The summed E-state index contributed by atoms with van der Waals surface area (Å²) in [4.78, 5) is 35.9. The Morgan fingerprint density at radius 1 is 1.58 bits per heavy atom. The van der Waals surface area contributed by atoms with E-state index < -0.39 is 42.0 Å². The summed E-state index contributed by atoms with van der Waals surface area (Å²) in [5.74, 6) is 0. The highest BCUT2D eigenvalue weighted by Crippen LogP contribution is 2.55. The van der Waals surface area contributed by atoms with Gasteiger partial charge in [0.2, 0.25) is 0 Å². The number of rotatable bonds is 5. The van der Waals surface area contributed by atoms with Gasteiger partial charge in [-0.1, -0.05) is 6.92 Å². The summed E-state index contributed by atoms with van der Waals surface area (Å²) in [7, 11) is 1.27. The van der Waals surface area contributed by atoms with Crippen molar-refractivity contribution < 1.29 is 23.4 Å². The molecule has 2 N–H and O–H groups in total. The molecule has 3 heterocycles. The SMILES string of the molecule is CC[C@@]12COC([C@H](n3cc(C)c(=O)[nH]c3=O)O1)[C@H]2OP(O)(=S)OC. The van der Waals surface area contributed by atoms with Gasteiger partial charge in [-0.15, -0.1) is 0 Å². The van der Waals surface area contributed by atoms with Crippen LogP contribution in [0.3, 0.4) is 0 Å². The van der Waals surface area contributed by atoms with Crippen molar-refractivity contribution in [1.82, 2.24) is 9.55 Å². The van der Waals surface area contributed by atoms with Gasteiger partial charge in [0.15, 0.2) is 6.23 Å². The summed E-state index contributed by atoms with van der Waals surface area (Å²) in [6.45, 7) is 0.299. The normalized spacial score (nSPS) is 34.4. The molecule has 0 radical (unpaired) electrons. The van der Waals surface area contributed by atoms with E-state index in [1.807, 2.05) is 6.92 Å². The van der Waals surface area contributed by atoms with E-state index in [1.165, 1.54) is 17.9 Å². The van der Waals surface area contributed by atoms with E-state index in [1.54, 1.807) is 6.92 Å². The largest absolute Gasteiger partial charge is 0.368 e. The maximum Gasteiger partial charge on any atom is 0.330 e. The minimum Gasteiger partial charge on any atom is -0.368 e. The summed E-state index contributed by atoms with van der Waals surface area (Å²) in [6, 6.07) is 0. The lowest BCUT2D eigenvalue weighted by Crippen LogP contribution is -2.42. The average Bonchev–Trinajstić information content (AvgIpc) is 3.03. The molecule has 3 rings (SSSR count). The molecule has 2 bridgehead atoms. The number of aryl methyl sites for hydroxylation is 1. The Morgan fingerprint density at radius 2 is 2.29 bits per heavy atom. The van der Waals surface area contributed by atoms with Gasteiger partial charge in [0.25, 0.3) is 5.56 Å². The maximum atomic E-state index is 12.1. The monoisotopic (exact) mass is 378 g/mol. The smallest absolute Gasteiger partial charge is 0.330 e. The van der Waals surface area contributed by atoms with Crippen molar-refractivity contribution in [2.75, 3.05) is 13.7 Å². The number of aromatic amines is 1. The van der Waals surface area contributed by atoms with Crippen LogP contribution in [0.25, 0.3) is 0 Å². The van der Waals surface area contributed by atoms with Crippen molar-refractivity contribution in [1.29, 1.82) is 0 Å².